The second-order valence-corrected chi connectivity index (χ2v) is 6.03. The molecule has 2 rings (SSSR count). The summed E-state index contributed by atoms with van der Waals surface area (Å²) in [5.74, 6) is -1.15. The molecular formula is C19H21NO4. The van der Waals surface area contributed by atoms with Crippen molar-refractivity contribution in [1.82, 2.24) is 0 Å². The standard InChI is InChI=1S/C19H21NO4/c1-19(2,18(22)23)15-8-10-16(11-9-15)20-17(21)13-24-12-14-6-4-3-5-7-14/h3-11H,12-13H2,1-2H3,(H,20,21)(H,22,23). The van der Waals surface area contributed by atoms with Crippen LogP contribution < -0.4 is 5.32 Å². The number of aliphatic carboxylic acids is 1. The van der Waals surface area contributed by atoms with Crippen molar-refractivity contribution in [2.24, 2.45) is 0 Å². The summed E-state index contributed by atoms with van der Waals surface area (Å²) in [6.07, 6.45) is 0. The molecule has 0 saturated heterocycles. The van der Waals surface area contributed by atoms with Crippen LogP contribution in [0.15, 0.2) is 54.6 Å². The van der Waals surface area contributed by atoms with Crippen molar-refractivity contribution in [2.75, 3.05) is 11.9 Å². The van der Waals surface area contributed by atoms with Gasteiger partial charge in [0.15, 0.2) is 0 Å². The maximum Gasteiger partial charge on any atom is 0.313 e. The summed E-state index contributed by atoms with van der Waals surface area (Å²) < 4.78 is 5.37. The minimum atomic E-state index is -0.971. The van der Waals surface area contributed by atoms with Gasteiger partial charge in [-0.1, -0.05) is 42.5 Å². The van der Waals surface area contributed by atoms with Crippen LogP contribution >= 0.6 is 0 Å². The molecule has 5 nitrogen and oxygen atoms in total. The predicted octanol–water partition coefficient (Wildman–Crippen LogP) is 3.20. The van der Waals surface area contributed by atoms with E-state index in [1.807, 2.05) is 30.3 Å². The molecule has 2 N–H and O–H groups in total. The molecule has 0 radical (unpaired) electrons. The van der Waals surface area contributed by atoms with Crippen molar-refractivity contribution in [3.8, 4) is 0 Å². The quantitative estimate of drug-likeness (QED) is 0.819. The van der Waals surface area contributed by atoms with Gasteiger partial charge in [-0.05, 0) is 37.1 Å². The molecule has 0 aliphatic rings. The number of nitrogens with one attached hydrogen (secondary N) is 1. The second kappa shape index (κ2) is 7.75. The Morgan fingerprint density at radius 1 is 1.04 bits per heavy atom. The molecule has 0 saturated carbocycles. The van der Waals surface area contributed by atoms with Gasteiger partial charge < -0.3 is 15.2 Å². The van der Waals surface area contributed by atoms with Crippen molar-refractivity contribution in [3.63, 3.8) is 0 Å². The number of amides is 1. The molecule has 0 spiro atoms. The number of anilines is 1. The molecule has 0 aliphatic carbocycles. The smallest absolute Gasteiger partial charge is 0.313 e. The molecule has 0 heterocycles. The first-order valence-corrected chi connectivity index (χ1v) is 7.65. The largest absolute Gasteiger partial charge is 0.481 e. The fourth-order valence-corrected chi connectivity index (χ4v) is 2.13. The summed E-state index contributed by atoms with van der Waals surface area (Å²) in [4.78, 5) is 23.1. The number of rotatable bonds is 7. The van der Waals surface area contributed by atoms with Crippen molar-refractivity contribution in [3.05, 3.63) is 65.7 Å². The molecule has 5 heteroatoms. The third-order valence-electron chi connectivity index (χ3n) is 3.77. The zero-order valence-corrected chi connectivity index (χ0v) is 13.8. The fraction of sp³-hybridized carbons (Fsp3) is 0.263. The zero-order valence-electron chi connectivity index (χ0n) is 13.8. The van der Waals surface area contributed by atoms with Crippen LogP contribution in [0.25, 0.3) is 0 Å². The van der Waals surface area contributed by atoms with Crippen LogP contribution in [0.4, 0.5) is 5.69 Å². The number of carboxylic acids is 1. The van der Waals surface area contributed by atoms with E-state index in [-0.39, 0.29) is 12.5 Å². The Morgan fingerprint density at radius 2 is 1.67 bits per heavy atom. The number of hydrogen-bond donors (Lipinski definition) is 2. The summed E-state index contributed by atoms with van der Waals surface area (Å²) in [7, 11) is 0. The van der Waals surface area contributed by atoms with Gasteiger partial charge >= 0.3 is 5.97 Å². The molecule has 1 amide bonds. The Kier molecular flexibility index (Phi) is 5.71. The van der Waals surface area contributed by atoms with Crippen molar-refractivity contribution in [2.45, 2.75) is 25.9 Å². The lowest BCUT2D eigenvalue weighted by Gasteiger charge is -2.19. The Labute approximate surface area is 141 Å². The highest BCUT2D eigenvalue weighted by Crippen LogP contribution is 2.24. The Hall–Kier alpha value is -2.66. The number of hydrogen-bond acceptors (Lipinski definition) is 3. The highest BCUT2D eigenvalue weighted by Gasteiger charge is 2.29. The summed E-state index contributed by atoms with van der Waals surface area (Å²) in [5, 5.41) is 11.9. The van der Waals surface area contributed by atoms with Gasteiger partial charge in [0.1, 0.15) is 6.61 Å². The normalized spacial score (nSPS) is 11.1. The molecule has 126 valence electrons. The maximum absolute atomic E-state index is 11.9. The molecule has 2 aromatic carbocycles. The van der Waals surface area contributed by atoms with Gasteiger partial charge in [-0.2, -0.15) is 0 Å². The van der Waals surface area contributed by atoms with E-state index >= 15 is 0 Å². The van der Waals surface area contributed by atoms with Crippen LogP contribution in [0.3, 0.4) is 0 Å². The maximum atomic E-state index is 11.9. The third-order valence-corrected chi connectivity index (χ3v) is 3.77. The Bertz CT molecular complexity index is 693. The van der Waals surface area contributed by atoms with Crippen molar-refractivity contribution < 1.29 is 19.4 Å². The second-order valence-electron chi connectivity index (χ2n) is 6.03. The first kappa shape index (κ1) is 17.7. The molecule has 0 fully saturated rings. The first-order chi connectivity index (χ1) is 11.4. The fourth-order valence-electron chi connectivity index (χ4n) is 2.13. The van der Waals surface area contributed by atoms with E-state index < -0.39 is 11.4 Å². The summed E-state index contributed by atoms with van der Waals surface area (Å²) in [6, 6.07) is 16.4. The highest BCUT2D eigenvalue weighted by molar-refractivity contribution is 5.91. The summed E-state index contributed by atoms with van der Waals surface area (Å²) in [5.41, 5.74) is 1.31. The molecule has 0 aliphatic heterocycles. The monoisotopic (exact) mass is 327 g/mol. The SMILES string of the molecule is CC(C)(C(=O)O)c1ccc(NC(=O)COCc2ccccc2)cc1. The number of carbonyl (C=O) groups excluding carboxylic acids is 1. The van der Waals surface area contributed by atoms with Gasteiger partial charge in [-0.15, -0.1) is 0 Å². The lowest BCUT2D eigenvalue weighted by Crippen LogP contribution is -2.28. The Morgan fingerprint density at radius 3 is 2.25 bits per heavy atom. The van der Waals surface area contributed by atoms with Gasteiger partial charge in [0.25, 0.3) is 0 Å². The molecule has 0 atom stereocenters. The number of ether oxygens (including phenoxy) is 1. The first-order valence-electron chi connectivity index (χ1n) is 7.65. The minimum absolute atomic E-state index is 0.0444. The van der Waals surface area contributed by atoms with Crippen molar-refractivity contribution in [1.29, 1.82) is 0 Å². The average molecular weight is 327 g/mol. The van der Waals surface area contributed by atoms with Crippen LogP contribution in [0.2, 0.25) is 0 Å². The average Bonchev–Trinajstić information content (AvgIpc) is 2.56. The molecule has 24 heavy (non-hydrogen) atoms. The van der Waals surface area contributed by atoms with E-state index in [0.717, 1.165) is 5.56 Å². The van der Waals surface area contributed by atoms with Crippen molar-refractivity contribution >= 4 is 17.6 Å². The van der Waals surface area contributed by atoms with Crippen LogP contribution in [0.1, 0.15) is 25.0 Å². The van der Waals surface area contributed by atoms with Gasteiger partial charge in [0.2, 0.25) is 5.91 Å². The van der Waals surface area contributed by atoms with Crippen LogP contribution in [-0.2, 0) is 26.3 Å². The van der Waals surface area contributed by atoms with E-state index in [1.165, 1.54) is 0 Å². The lowest BCUT2D eigenvalue weighted by atomic mass is 9.85. The van der Waals surface area contributed by atoms with Gasteiger partial charge in [-0.3, -0.25) is 9.59 Å². The summed E-state index contributed by atoms with van der Waals surface area (Å²) in [6.45, 7) is 3.61. The van der Waals surface area contributed by atoms with Crippen LogP contribution in [-0.4, -0.2) is 23.6 Å². The van der Waals surface area contributed by atoms with E-state index in [9.17, 15) is 14.7 Å². The number of carboxylic acid groups (broad SMARTS) is 1. The Balaban J connectivity index is 1.85. The lowest BCUT2D eigenvalue weighted by molar-refractivity contribution is -0.142. The van der Waals surface area contributed by atoms with Gasteiger partial charge in [0.05, 0.1) is 12.0 Å². The molecule has 0 aromatic heterocycles. The van der Waals surface area contributed by atoms with E-state index in [1.54, 1.807) is 38.1 Å². The topological polar surface area (TPSA) is 75.6 Å². The molecular weight excluding hydrogens is 306 g/mol. The van der Waals surface area contributed by atoms with Crippen LogP contribution in [0, 0.1) is 0 Å². The summed E-state index contributed by atoms with van der Waals surface area (Å²) >= 11 is 0. The zero-order chi connectivity index (χ0) is 17.6. The predicted molar refractivity (Wildman–Crippen MR) is 91.8 cm³/mol. The number of carbonyl (C=O) groups is 2. The van der Waals surface area contributed by atoms with E-state index in [4.69, 9.17) is 4.74 Å². The third kappa shape index (κ3) is 4.67. The van der Waals surface area contributed by atoms with Crippen LogP contribution in [0.5, 0.6) is 0 Å². The minimum Gasteiger partial charge on any atom is -0.481 e. The molecule has 0 unspecified atom stereocenters. The highest BCUT2D eigenvalue weighted by atomic mass is 16.5. The molecule has 0 bridgehead atoms. The molecule has 2 aromatic rings. The van der Waals surface area contributed by atoms with E-state index in [0.29, 0.717) is 17.9 Å². The van der Waals surface area contributed by atoms with Gasteiger partial charge in [0, 0.05) is 5.69 Å². The van der Waals surface area contributed by atoms with E-state index in [2.05, 4.69) is 5.32 Å². The number of benzene rings is 2. The van der Waals surface area contributed by atoms with Gasteiger partial charge in [-0.25, -0.2) is 0 Å².